The maximum Gasteiger partial charge on any atom is 0.312 e. The van der Waals surface area contributed by atoms with E-state index in [0.717, 1.165) is 10.6 Å². The van der Waals surface area contributed by atoms with Crippen LogP contribution in [-0.4, -0.2) is 29.5 Å². The first-order chi connectivity index (χ1) is 11.8. The zero-order valence-electron chi connectivity index (χ0n) is 13.5. The van der Waals surface area contributed by atoms with E-state index >= 15 is 0 Å². The van der Waals surface area contributed by atoms with Gasteiger partial charge in [0.25, 0.3) is 17.4 Å². The number of carbonyl (C=O) groups excluding carboxylic acids is 3. The van der Waals surface area contributed by atoms with Crippen LogP contribution in [0.2, 0.25) is 0 Å². The number of nitrogens with zero attached hydrogens (tertiary/aromatic N) is 1. The molecule has 8 nitrogen and oxygen atoms in total. The van der Waals surface area contributed by atoms with Crippen molar-refractivity contribution in [2.45, 2.75) is 12.8 Å². The fraction of sp³-hybridized carbons (Fsp3) is 0.176. The Labute approximate surface area is 142 Å². The third kappa shape index (κ3) is 2.57. The summed E-state index contributed by atoms with van der Waals surface area (Å²) in [5.74, 6) is -2.23. The van der Waals surface area contributed by atoms with Gasteiger partial charge in [-0.25, -0.2) is 0 Å². The van der Waals surface area contributed by atoms with E-state index in [4.69, 9.17) is 10.5 Å². The normalized spacial score (nSPS) is 14.0. The molecule has 1 aromatic carbocycles. The van der Waals surface area contributed by atoms with Crippen molar-refractivity contribution < 1.29 is 19.1 Å². The molecule has 8 heteroatoms. The standard InChI is InChI=1S/C17H15N3O5/c1-8(17(24)25-2)9-3-5-10(6-4-9)20-12(21)7-11-13(14(20)18)16(23)19-15(11)22/h3-8H,18H2,1-2H3,(H,19,22,23). The molecule has 3 rings (SSSR count). The maximum absolute atomic E-state index is 12.3. The molecule has 0 aliphatic carbocycles. The van der Waals surface area contributed by atoms with Crippen molar-refractivity contribution in [3.8, 4) is 5.69 Å². The van der Waals surface area contributed by atoms with Crippen molar-refractivity contribution in [2.24, 2.45) is 0 Å². The molecule has 2 heterocycles. The molecule has 0 radical (unpaired) electrons. The van der Waals surface area contributed by atoms with E-state index in [2.05, 4.69) is 5.32 Å². The lowest BCUT2D eigenvalue weighted by Crippen LogP contribution is -2.24. The Morgan fingerprint density at radius 3 is 2.40 bits per heavy atom. The largest absolute Gasteiger partial charge is 0.469 e. The number of carbonyl (C=O) groups is 3. The molecule has 2 amide bonds. The van der Waals surface area contributed by atoms with Gasteiger partial charge >= 0.3 is 5.97 Å². The summed E-state index contributed by atoms with van der Waals surface area (Å²) in [4.78, 5) is 47.5. The van der Waals surface area contributed by atoms with E-state index < -0.39 is 23.3 Å². The second-order valence-electron chi connectivity index (χ2n) is 5.61. The van der Waals surface area contributed by atoms with Gasteiger partial charge in [0, 0.05) is 6.07 Å². The van der Waals surface area contributed by atoms with Crippen LogP contribution in [0.3, 0.4) is 0 Å². The summed E-state index contributed by atoms with van der Waals surface area (Å²) in [6, 6.07) is 7.63. The quantitative estimate of drug-likeness (QED) is 0.622. The van der Waals surface area contributed by atoms with Crippen LogP contribution in [0.15, 0.2) is 35.1 Å². The summed E-state index contributed by atoms with van der Waals surface area (Å²) in [5, 5.41) is 2.11. The van der Waals surface area contributed by atoms with Crippen molar-refractivity contribution in [1.29, 1.82) is 0 Å². The highest BCUT2D eigenvalue weighted by atomic mass is 16.5. The second-order valence-corrected chi connectivity index (χ2v) is 5.61. The molecule has 1 aromatic heterocycles. The third-order valence-electron chi connectivity index (χ3n) is 4.16. The lowest BCUT2D eigenvalue weighted by Gasteiger charge is -2.14. The molecule has 0 bridgehead atoms. The van der Waals surface area contributed by atoms with Gasteiger partial charge in [-0.3, -0.25) is 29.1 Å². The van der Waals surface area contributed by atoms with Gasteiger partial charge in [-0.05, 0) is 24.6 Å². The maximum atomic E-state index is 12.3. The predicted molar refractivity (Wildman–Crippen MR) is 88.7 cm³/mol. The van der Waals surface area contributed by atoms with E-state index in [1.54, 1.807) is 31.2 Å². The SMILES string of the molecule is COC(=O)C(C)c1ccc(-n2c(N)c3c(cc2=O)C(=O)NC3=O)cc1. The minimum Gasteiger partial charge on any atom is -0.469 e. The molecular formula is C17H15N3O5. The molecule has 2 aromatic rings. The number of amides is 2. The summed E-state index contributed by atoms with van der Waals surface area (Å²) >= 11 is 0. The van der Waals surface area contributed by atoms with Gasteiger partial charge in [0.2, 0.25) is 0 Å². The smallest absolute Gasteiger partial charge is 0.312 e. The molecule has 1 aliphatic heterocycles. The summed E-state index contributed by atoms with van der Waals surface area (Å²) < 4.78 is 5.84. The predicted octanol–water partition coefficient (Wildman–Crippen LogP) is 0.580. The highest BCUT2D eigenvalue weighted by Gasteiger charge is 2.31. The molecule has 0 fully saturated rings. The van der Waals surface area contributed by atoms with E-state index in [1.807, 2.05) is 0 Å². The molecule has 1 aliphatic rings. The van der Waals surface area contributed by atoms with E-state index in [0.29, 0.717) is 11.3 Å². The number of fused-ring (bicyclic) bond motifs is 1. The molecular weight excluding hydrogens is 326 g/mol. The number of imide groups is 1. The van der Waals surface area contributed by atoms with Gasteiger partial charge in [-0.1, -0.05) is 12.1 Å². The van der Waals surface area contributed by atoms with Crippen molar-refractivity contribution >= 4 is 23.6 Å². The summed E-state index contributed by atoms with van der Waals surface area (Å²) in [6.07, 6.45) is 0. The van der Waals surface area contributed by atoms with Gasteiger partial charge < -0.3 is 10.5 Å². The number of hydrogen-bond acceptors (Lipinski definition) is 6. The van der Waals surface area contributed by atoms with E-state index in [1.165, 1.54) is 7.11 Å². The second kappa shape index (κ2) is 5.90. The number of benzene rings is 1. The fourth-order valence-electron chi connectivity index (χ4n) is 2.77. The van der Waals surface area contributed by atoms with Crippen LogP contribution >= 0.6 is 0 Å². The van der Waals surface area contributed by atoms with Crippen LogP contribution in [0.5, 0.6) is 0 Å². The zero-order chi connectivity index (χ0) is 18.3. The van der Waals surface area contributed by atoms with Crippen LogP contribution in [0.4, 0.5) is 5.82 Å². The van der Waals surface area contributed by atoms with Crippen molar-refractivity contribution in [3.63, 3.8) is 0 Å². The Kier molecular flexibility index (Phi) is 3.88. The molecule has 1 atom stereocenters. The molecule has 0 saturated carbocycles. The summed E-state index contributed by atoms with van der Waals surface area (Å²) in [6.45, 7) is 1.70. The Bertz CT molecular complexity index is 959. The number of nitrogen functional groups attached to an aromatic ring is 1. The number of nitrogens with two attached hydrogens (primary N) is 1. The lowest BCUT2D eigenvalue weighted by molar-refractivity contribution is -0.142. The Hall–Kier alpha value is -3.42. The fourth-order valence-corrected chi connectivity index (χ4v) is 2.77. The first kappa shape index (κ1) is 16.4. The molecule has 0 saturated heterocycles. The number of methoxy groups -OCH3 is 1. The van der Waals surface area contributed by atoms with Gasteiger partial charge in [-0.15, -0.1) is 0 Å². The number of anilines is 1. The molecule has 3 N–H and O–H groups in total. The number of rotatable bonds is 3. The van der Waals surface area contributed by atoms with Gasteiger partial charge in [-0.2, -0.15) is 0 Å². The average Bonchev–Trinajstić information content (AvgIpc) is 2.88. The molecule has 0 spiro atoms. The molecule has 25 heavy (non-hydrogen) atoms. The molecule has 128 valence electrons. The van der Waals surface area contributed by atoms with Crippen LogP contribution < -0.4 is 16.6 Å². The van der Waals surface area contributed by atoms with E-state index in [-0.39, 0.29) is 22.9 Å². The topological polar surface area (TPSA) is 120 Å². The van der Waals surface area contributed by atoms with Gasteiger partial charge in [0.1, 0.15) is 5.82 Å². The number of nitrogens with one attached hydrogen (secondary N) is 1. The highest BCUT2D eigenvalue weighted by molar-refractivity contribution is 6.23. The van der Waals surface area contributed by atoms with Crippen LogP contribution in [0.25, 0.3) is 5.69 Å². The number of ether oxygens (including phenoxy) is 1. The van der Waals surface area contributed by atoms with Crippen molar-refractivity contribution in [2.75, 3.05) is 12.8 Å². The molecule has 1 unspecified atom stereocenters. The van der Waals surface area contributed by atoms with Gasteiger partial charge in [0.05, 0.1) is 29.8 Å². The van der Waals surface area contributed by atoms with Crippen LogP contribution in [0, 0.1) is 0 Å². The zero-order valence-corrected chi connectivity index (χ0v) is 13.5. The Balaban J connectivity index is 2.08. The third-order valence-corrected chi connectivity index (χ3v) is 4.16. The van der Waals surface area contributed by atoms with Crippen molar-refractivity contribution in [1.82, 2.24) is 9.88 Å². The van der Waals surface area contributed by atoms with Crippen LogP contribution in [0.1, 0.15) is 39.1 Å². The monoisotopic (exact) mass is 341 g/mol. The van der Waals surface area contributed by atoms with Gasteiger partial charge in [0.15, 0.2) is 0 Å². The summed E-state index contributed by atoms with van der Waals surface area (Å²) in [5.41, 5.74) is 6.51. The highest BCUT2D eigenvalue weighted by Crippen LogP contribution is 2.24. The lowest BCUT2D eigenvalue weighted by atomic mass is 10.0. The number of aromatic nitrogens is 1. The Morgan fingerprint density at radius 2 is 1.80 bits per heavy atom. The van der Waals surface area contributed by atoms with Crippen molar-refractivity contribution in [3.05, 3.63) is 57.4 Å². The minimum absolute atomic E-state index is 0.0170. The number of pyridine rings is 1. The number of esters is 1. The first-order valence-corrected chi connectivity index (χ1v) is 7.44. The van der Waals surface area contributed by atoms with E-state index in [9.17, 15) is 19.2 Å². The van der Waals surface area contributed by atoms with Crippen LogP contribution in [-0.2, 0) is 9.53 Å². The number of hydrogen-bond donors (Lipinski definition) is 2. The average molecular weight is 341 g/mol. The first-order valence-electron chi connectivity index (χ1n) is 7.44. The Morgan fingerprint density at radius 1 is 1.16 bits per heavy atom. The summed E-state index contributed by atoms with van der Waals surface area (Å²) in [7, 11) is 1.31. The minimum atomic E-state index is -0.641.